The van der Waals surface area contributed by atoms with Gasteiger partial charge < -0.3 is 15.1 Å². The molecule has 2 fully saturated rings. The molecule has 0 aliphatic carbocycles. The first-order chi connectivity index (χ1) is 10.2. The summed E-state index contributed by atoms with van der Waals surface area (Å²) in [7, 11) is 0. The smallest absolute Gasteiger partial charge is 0.240 e. The molecule has 114 valence electrons. The van der Waals surface area contributed by atoms with E-state index < -0.39 is 0 Å². The van der Waals surface area contributed by atoms with Crippen LogP contribution in [-0.4, -0.2) is 49.6 Å². The Morgan fingerprint density at radius 1 is 1.24 bits per heavy atom. The van der Waals surface area contributed by atoms with Crippen LogP contribution in [0.1, 0.15) is 13.3 Å². The van der Waals surface area contributed by atoms with Crippen molar-refractivity contribution in [3.8, 4) is 0 Å². The highest BCUT2D eigenvalue weighted by atomic mass is 35.5. The number of halogens is 1. The number of hydrogen-bond donors (Lipinski definition) is 1. The summed E-state index contributed by atoms with van der Waals surface area (Å²) in [6, 6.07) is 7.91. The van der Waals surface area contributed by atoms with Crippen molar-refractivity contribution in [3.05, 3.63) is 29.3 Å². The molecule has 1 N–H and O–H groups in total. The van der Waals surface area contributed by atoms with Gasteiger partial charge in [0.25, 0.3) is 0 Å². The first-order valence-corrected chi connectivity index (χ1v) is 8.06. The van der Waals surface area contributed by atoms with Gasteiger partial charge in [-0.25, -0.2) is 0 Å². The van der Waals surface area contributed by atoms with Gasteiger partial charge in [0, 0.05) is 26.2 Å². The zero-order valence-corrected chi connectivity index (χ0v) is 13.1. The first kappa shape index (κ1) is 14.7. The van der Waals surface area contributed by atoms with Crippen molar-refractivity contribution in [2.45, 2.75) is 19.4 Å². The van der Waals surface area contributed by atoms with Crippen LogP contribution in [0.15, 0.2) is 24.3 Å². The number of rotatable bonds is 2. The van der Waals surface area contributed by atoms with Gasteiger partial charge in [-0.15, -0.1) is 0 Å². The zero-order valence-electron chi connectivity index (χ0n) is 12.4. The zero-order chi connectivity index (χ0) is 14.8. The lowest BCUT2D eigenvalue weighted by Crippen LogP contribution is -2.54. The van der Waals surface area contributed by atoms with E-state index in [4.69, 9.17) is 11.6 Å². The molecule has 0 saturated carbocycles. The lowest BCUT2D eigenvalue weighted by molar-refractivity contribution is -0.134. The lowest BCUT2D eigenvalue weighted by atomic mass is 10.0. The Kier molecular flexibility index (Phi) is 4.36. The summed E-state index contributed by atoms with van der Waals surface area (Å²) < 4.78 is 0. The van der Waals surface area contributed by atoms with Crippen LogP contribution in [0.3, 0.4) is 0 Å². The number of hydrogen-bond acceptors (Lipinski definition) is 3. The molecule has 0 bridgehead atoms. The minimum atomic E-state index is 0.0110. The standard InChI is InChI=1S/C16H22ClN3O/c1-12-6-7-18-15(12)16(21)20-10-8-19(9-11-20)14-5-3-2-4-13(14)17/h2-5,12,15,18H,6-11H2,1H3. The van der Waals surface area contributed by atoms with E-state index in [0.717, 1.165) is 49.9 Å². The maximum atomic E-state index is 12.5. The highest BCUT2D eigenvalue weighted by Crippen LogP contribution is 2.26. The summed E-state index contributed by atoms with van der Waals surface area (Å²) in [6.45, 7) is 6.34. The second-order valence-corrected chi connectivity index (χ2v) is 6.37. The molecule has 2 atom stereocenters. The van der Waals surface area contributed by atoms with Gasteiger partial charge in [0.1, 0.15) is 0 Å². The van der Waals surface area contributed by atoms with Crippen LogP contribution in [0, 0.1) is 5.92 Å². The Morgan fingerprint density at radius 3 is 2.57 bits per heavy atom. The molecule has 0 radical (unpaired) electrons. The fourth-order valence-corrected chi connectivity index (χ4v) is 3.49. The molecule has 1 aromatic rings. The topological polar surface area (TPSA) is 35.6 Å². The van der Waals surface area contributed by atoms with Gasteiger partial charge >= 0.3 is 0 Å². The van der Waals surface area contributed by atoms with Crippen LogP contribution in [-0.2, 0) is 4.79 Å². The van der Waals surface area contributed by atoms with Crippen molar-refractivity contribution < 1.29 is 4.79 Å². The summed E-state index contributed by atoms with van der Waals surface area (Å²) in [5, 5.41) is 4.11. The quantitative estimate of drug-likeness (QED) is 0.907. The number of carbonyl (C=O) groups is 1. The highest BCUT2D eigenvalue weighted by Gasteiger charge is 2.33. The van der Waals surface area contributed by atoms with Gasteiger partial charge in [0.2, 0.25) is 5.91 Å². The second-order valence-electron chi connectivity index (χ2n) is 5.96. The number of nitrogens with zero attached hydrogens (tertiary/aromatic N) is 2. The van der Waals surface area contributed by atoms with Gasteiger partial charge in [-0.2, -0.15) is 0 Å². The molecule has 2 unspecified atom stereocenters. The Labute approximate surface area is 131 Å². The van der Waals surface area contributed by atoms with E-state index in [1.54, 1.807) is 0 Å². The Morgan fingerprint density at radius 2 is 1.95 bits per heavy atom. The van der Waals surface area contributed by atoms with E-state index in [0.29, 0.717) is 5.92 Å². The largest absolute Gasteiger partial charge is 0.367 e. The van der Waals surface area contributed by atoms with Crippen LogP contribution in [0.2, 0.25) is 5.02 Å². The van der Waals surface area contributed by atoms with E-state index in [-0.39, 0.29) is 11.9 Å². The molecule has 0 spiro atoms. The number of piperazine rings is 1. The van der Waals surface area contributed by atoms with Crippen LogP contribution < -0.4 is 10.2 Å². The number of para-hydroxylation sites is 1. The highest BCUT2D eigenvalue weighted by molar-refractivity contribution is 6.33. The molecule has 1 aromatic carbocycles. The van der Waals surface area contributed by atoms with Gasteiger partial charge in [-0.1, -0.05) is 30.7 Å². The SMILES string of the molecule is CC1CCNC1C(=O)N1CCN(c2ccccc2Cl)CC1. The van der Waals surface area contributed by atoms with Crippen molar-refractivity contribution >= 4 is 23.2 Å². The molecule has 1 amide bonds. The Bertz CT molecular complexity index is 514. The maximum absolute atomic E-state index is 12.5. The van der Waals surface area contributed by atoms with Crippen molar-refractivity contribution in [1.82, 2.24) is 10.2 Å². The van der Waals surface area contributed by atoms with Gasteiger partial charge in [-0.3, -0.25) is 4.79 Å². The minimum Gasteiger partial charge on any atom is -0.367 e. The Hall–Kier alpha value is -1.26. The first-order valence-electron chi connectivity index (χ1n) is 7.68. The number of nitrogens with one attached hydrogen (secondary N) is 1. The Balaban J connectivity index is 1.60. The van der Waals surface area contributed by atoms with Crippen molar-refractivity contribution in [1.29, 1.82) is 0 Å². The molecule has 2 saturated heterocycles. The fraction of sp³-hybridized carbons (Fsp3) is 0.562. The number of carbonyl (C=O) groups excluding carboxylic acids is 1. The molecule has 21 heavy (non-hydrogen) atoms. The summed E-state index contributed by atoms with van der Waals surface area (Å²) in [4.78, 5) is 16.8. The molecular formula is C16H22ClN3O. The summed E-state index contributed by atoms with van der Waals surface area (Å²) in [5.74, 6) is 0.706. The van der Waals surface area contributed by atoms with E-state index in [2.05, 4.69) is 17.1 Å². The third kappa shape index (κ3) is 3.01. The second kappa shape index (κ2) is 6.24. The van der Waals surface area contributed by atoms with Gasteiger partial charge in [0.05, 0.1) is 16.8 Å². The van der Waals surface area contributed by atoms with Crippen LogP contribution in [0.25, 0.3) is 0 Å². The van der Waals surface area contributed by atoms with E-state index >= 15 is 0 Å². The molecule has 3 rings (SSSR count). The fourth-order valence-electron chi connectivity index (χ4n) is 3.24. The number of amides is 1. The average molecular weight is 308 g/mol. The van der Waals surface area contributed by atoms with E-state index in [1.807, 2.05) is 29.2 Å². The minimum absolute atomic E-state index is 0.0110. The van der Waals surface area contributed by atoms with Crippen molar-refractivity contribution in [2.75, 3.05) is 37.6 Å². The van der Waals surface area contributed by atoms with E-state index in [9.17, 15) is 4.79 Å². The molecule has 2 heterocycles. The van der Waals surface area contributed by atoms with E-state index in [1.165, 1.54) is 0 Å². The summed E-state index contributed by atoms with van der Waals surface area (Å²) in [5.41, 5.74) is 1.07. The normalized spacial score (nSPS) is 26.2. The third-order valence-electron chi connectivity index (χ3n) is 4.58. The molecule has 2 aliphatic rings. The predicted molar refractivity (Wildman–Crippen MR) is 85.8 cm³/mol. The maximum Gasteiger partial charge on any atom is 0.240 e. The molecule has 0 aromatic heterocycles. The molecule has 2 aliphatic heterocycles. The van der Waals surface area contributed by atoms with Gasteiger partial charge in [-0.05, 0) is 31.0 Å². The van der Waals surface area contributed by atoms with Crippen molar-refractivity contribution in [2.24, 2.45) is 5.92 Å². The number of benzene rings is 1. The number of anilines is 1. The molecule has 5 heteroatoms. The monoisotopic (exact) mass is 307 g/mol. The van der Waals surface area contributed by atoms with Crippen LogP contribution >= 0.6 is 11.6 Å². The van der Waals surface area contributed by atoms with Crippen LogP contribution in [0.5, 0.6) is 0 Å². The van der Waals surface area contributed by atoms with Crippen LogP contribution in [0.4, 0.5) is 5.69 Å². The summed E-state index contributed by atoms with van der Waals surface area (Å²) in [6.07, 6.45) is 1.09. The molecule has 4 nitrogen and oxygen atoms in total. The van der Waals surface area contributed by atoms with Gasteiger partial charge in [0.15, 0.2) is 0 Å². The predicted octanol–water partition coefficient (Wildman–Crippen LogP) is 1.99. The summed E-state index contributed by atoms with van der Waals surface area (Å²) >= 11 is 6.25. The third-order valence-corrected chi connectivity index (χ3v) is 4.90. The lowest BCUT2D eigenvalue weighted by Gasteiger charge is -2.38. The molecular weight excluding hydrogens is 286 g/mol. The average Bonchev–Trinajstić information content (AvgIpc) is 2.93. The van der Waals surface area contributed by atoms with Crippen molar-refractivity contribution in [3.63, 3.8) is 0 Å².